The van der Waals surface area contributed by atoms with Crippen LogP contribution in [0.4, 0.5) is 0 Å². The normalized spacial score (nSPS) is 9.08. The molecule has 0 aromatic carbocycles. The van der Waals surface area contributed by atoms with Gasteiger partial charge < -0.3 is 0 Å². The van der Waals surface area contributed by atoms with E-state index in [0.29, 0.717) is 5.56 Å². The lowest BCUT2D eigenvalue weighted by molar-refractivity contribution is 0.112. The van der Waals surface area contributed by atoms with Crippen LogP contribution in [0.5, 0.6) is 0 Å². The zero-order chi connectivity index (χ0) is 8.10. The molecule has 0 unspecified atom stereocenters. The Morgan fingerprint density at radius 3 is 3.00 bits per heavy atom. The number of hydrogen-bond donors (Lipinski definition) is 0. The van der Waals surface area contributed by atoms with E-state index in [-0.39, 0.29) is 7.43 Å². The summed E-state index contributed by atoms with van der Waals surface area (Å²) in [5.41, 5.74) is 0.645. The zero-order valence-corrected chi connectivity index (χ0v) is 7.17. The highest BCUT2D eigenvalue weighted by Crippen LogP contribution is 1.97. The summed E-state index contributed by atoms with van der Waals surface area (Å²) in [5, 5.41) is 4.00. The molecule has 0 aliphatic rings. The lowest BCUT2D eigenvalue weighted by Gasteiger charge is -1.96. The largest absolute Gasteiger partial charge is 0.298 e. The van der Waals surface area contributed by atoms with E-state index < -0.39 is 0 Å². The predicted molar refractivity (Wildman–Crippen MR) is 52.7 cm³/mol. The summed E-state index contributed by atoms with van der Waals surface area (Å²) < 4.78 is 1.78. The van der Waals surface area contributed by atoms with Crippen molar-refractivity contribution in [2.75, 3.05) is 12.0 Å². The average Bonchev–Trinajstić information content (AvgIpc) is 2.48. The molecule has 3 nitrogen and oxygen atoms in total. The first-order valence-corrected chi connectivity index (χ1v) is 4.73. The van der Waals surface area contributed by atoms with Crippen LogP contribution in [-0.4, -0.2) is 28.1 Å². The second-order valence-electron chi connectivity index (χ2n) is 2.15. The van der Waals surface area contributed by atoms with E-state index in [1.54, 1.807) is 28.8 Å². The number of nitrogens with zero attached hydrogens (tertiary/aromatic N) is 2. The quantitative estimate of drug-likeness (QED) is 0.671. The highest BCUT2D eigenvalue weighted by atomic mass is 32.2. The van der Waals surface area contributed by atoms with Gasteiger partial charge in [0, 0.05) is 18.5 Å². The summed E-state index contributed by atoms with van der Waals surface area (Å²) in [6.07, 6.45) is 6.18. The maximum atomic E-state index is 10.2. The molecule has 12 heavy (non-hydrogen) atoms. The van der Waals surface area contributed by atoms with E-state index in [0.717, 1.165) is 18.6 Å². The Labute approximate surface area is 77.2 Å². The van der Waals surface area contributed by atoms with Gasteiger partial charge in [-0.15, -0.1) is 0 Å². The van der Waals surface area contributed by atoms with Crippen molar-refractivity contribution in [3.8, 4) is 0 Å². The first-order valence-electron chi connectivity index (χ1n) is 3.33. The van der Waals surface area contributed by atoms with Crippen molar-refractivity contribution >= 4 is 18.0 Å². The van der Waals surface area contributed by atoms with Crippen LogP contribution < -0.4 is 0 Å². The van der Waals surface area contributed by atoms with Crippen LogP contribution in [0.25, 0.3) is 0 Å². The third kappa shape index (κ3) is 3.09. The molecule has 0 bridgehead atoms. The van der Waals surface area contributed by atoms with Gasteiger partial charge in [0.05, 0.1) is 11.8 Å². The van der Waals surface area contributed by atoms with E-state index >= 15 is 0 Å². The second kappa shape index (κ2) is 5.83. The van der Waals surface area contributed by atoms with Crippen molar-refractivity contribution < 1.29 is 4.79 Å². The van der Waals surface area contributed by atoms with Crippen molar-refractivity contribution in [2.45, 2.75) is 14.0 Å². The third-order valence-electron chi connectivity index (χ3n) is 1.31. The van der Waals surface area contributed by atoms with Gasteiger partial charge in [0.15, 0.2) is 6.29 Å². The molecule has 0 saturated heterocycles. The van der Waals surface area contributed by atoms with Crippen LogP contribution in [0.15, 0.2) is 12.4 Å². The van der Waals surface area contributed by atoms with Crippen LogP contribution >= 0.6 is 11.8 Å². The van der Waals surface area contributed by atoms with Crippen molar-refractivity contribution in [1.82, 2.24) is 9.78 Å². The van der Waals surface area contributed by atoms with E-state index in [1.807, 2.05) is 6.26 Å². The minimum atomic E-state index is 0. The molecule has 0 aliphatic heterocycles. The SMILES string of the molecule is C.CSCCn1cc(C=O)cn1. The summed E-state index contributed by atoms with van der Waals surface area (Å²) in [4.78, 5) is 10.2. The molecular weight excluding hydrogens is 172 g/mol. The Kier molecular flexibility index (Phi) is 5.45. The minimum Gasteiger partial charge on any atom is -0.298 e. The molecule has 0 aliphatic carbocycles. The Bertz CT molecular complexity index is 235. The molecule has 68 valence electrons. The van der Waals surface area contributed by atoms with Crippen molar-refractivity contribution in [3.63, 3.8) is 0 Å². The summed E-state index contributed by atoms with van der Waals surface area (Å²) in [6, 6.07) is 0. The molecule has 4 heteroatoms. The fraction of sp³-hybridized carbons (Fsp3) is 0.500. The van der Waals surface area contributed by atoms with Gasteiger partial charge >= 0.3 is 0 Å². The van der Waals surface area contributed by atoms with Gasteiger partial charge in [-0.2, -0.15) is 16.9 Å². The highest BCUT2D eigenvalue weighted by Gasteiger charge is 1.94. The smallest absolute Gasteiger partial charge is 0.153 e. The molecule has 0 N–H and O–H groups in total. The lowest BCUT2D eigenvalue weighted by atomic mass is 10.4. The van der Waals surface area contributed by atoms with Crippen molar-refractivity contribution in [2.24, 2.45) is 0 Å². The van der Waals surface area contributed by atoms with Crippen LogP contribution in [0.2, 0.25) is 0 Å². The molecule has 1 rings (SSSR count). The minimum absolute atomic E-state index is 0. The molecule has 1 aromatic heterocycles. The van der Waals surface area contributed by atoms with Crippen LogP contribution in [0.3, 0.4) is 0 Å². The Morgan fingerprint density at radius 2 is 2.50 bits per heavy atom. The molecule has 1 heterocycles. The predicted octanol–water partition coefficient (Wildman–Crippen LogP) is 1.69. The number of hydrogen-bond acceptors (Lipinski definition) is 3. The third-order valence-corrected chi connectivity index (χ3v) is 1.90. The molecular formula is C8H14N2OS. The number of aryl methyl sites for hydroxylation is 1. The Morgan fingerprint density at radius 1 is 1.75 bits per heavy atom. The lowest BCUT2D eigenvalue weighted by Crippen LogP contribution is -1.99. The summed E-state index contributed by atoms with van der Waals surface area (Å²) in [5.74, 6) is 1.03. The van der Waals surface area contributed by atoms with Gasteiger partial charge in [0.1, 0.15) is 0 Å². The standard InChI is InChI=1S/C7H10N2OS.CH4/c1-11-3-2-9-5-7(6-10)4-8-9;/h4-6H,2-3H2,1H3;1H4. The molecule has 0 spiro atoms. The van der Waals surface area contributed by atoms with E-state index in [9.17, 15) is 4.79 Å². The molecule has 0 amide bonds. The monoisotopic (exact) mass is 186 g/mol. The van der Waals surface area contributed by atoms with Crippen LogP contribution in [-0.2, 0) is 6.54 Å². The van der Waals surface area contributed by atoms with Crippen molar-refractivity contribution in [3.05, 3.63) is 18.0 Å². The molecule has 0 atom stereocenters. The van der Waals surface area contributed by atoms with Crippen LogP contribution in [0, 0.1) is 0 Å². The van der Waals surface area contributed by atoms with Gasteiger partial charge in [0.25, 0.3) is 0 Å². The average molecular weight is 186 g/mol. The maximum absolute atomic E-state index is 10.2. The zero-order valence-electron chi connectivity index (χ0n) is 6.36. The second-order valence-corrected chi connectivity index (χ2v) is 3.13. The Hall–Kier alpha value is -0.770. The highest BCUT2D eigenvalue weighted by molar-refractivity contribution is 7.98. The fourth-order valence-electron chi connectivity index (χ4n) is 0.748. The van der Waals surface area contributed by atoms with E-state index in [4.69, 9.17) is 0 Å². The summed E-state index contributed by atoms with van der Waals surface area (Å²) in [6.45, 7) is 0.870. The van der Waals surface area contributed by atoms with Gasteiger partial charge in [0.2, 0.25) is 0 Å². The molecule has 1 aromatic rings. The Balaban J connectivity index is 0.00000121. The van der Waals surface area contributed by atoms with Gasteiger partial charge in [-0.3, -0.25) is 9.48 Å². The van der Waals surface area contributed by atoms with E-state index in [1.165, 1.54) is 0 Å². The van der Waals surface area contributed by atoms with Gasteiger partial charge in [-0.1, -0.05) is 7.43 Å². The number of aldehydes is 1. The van der Waals surface area contributed by atoms with E-state index in [2.05, 4.69) is 5.10 Å². The molecule has 0 fully saturated rings. The number of thioether (sulfide) groups is 1. The van der Waals surface area contributed by atoms with Gasteiger partial charge in [-0.05, 0) is 6.26 Å². The summed E-state index contributed by atoms with van der Waals surface area (Å²) >= 11 is 1.76. The number of rotatable bonds is 4. The first-order chi connectivity index (χ1) is 5.36. The molecule has 0 saturated carbocycles. The number of carbonyl (C=O) groups excluding carboxylic acids is 1. The van der Waals surface area contributed by atoms with Crippen molar-refractivity contribution in [1.29, 1.82) is 0 Å². The first kappa shape index (κ1) is 11.2. The maximum Gasteiger partial charge on any atom is 0.153 e. The van der Waals surface area contributed by atoms with Gasteiger partial charge in [-0.25, -0.2) is 0 Å². The fourth-order valence-corrected chi connectivity index (χ4v) is 1.12. The van der Waals surface area contributed by atoms with Crippen LogP contribution in [0.1, 0.15) is 17.8 Å². The number of carbonyl (C=O) groups is 1. The molecule has 0 radical (unpaired) electrons. The topological polar surface area (TPSA) is 34.9 Å². The summed E-state index contributed by atoms with van der Waals surface area (Å²) in [7, 11) is 0. The number of aromatic nitrogens is 2.